The molecule has 0 saturated heterocycles. The molecule has 3 heteroatoms. The second-order valence-electron chi connectivity index (χ2n) is 2.61. The van der Waals surface area contributed by atoms with Crippen LogP contribution in [0.5, 0.6) is 0 Å². The average Bonchev–Trinajstić information content (AvgIpc) is 2.15. The third kappa shape index (κ3) is 3.27. The Bertz CT molecular complexity index is 277. The van der Waals surface area contributed by atoms with Crippen LogP contribution in [0.3, 0.4) is 0 Å². The van der Waals surface area contributed by atoms with Crippen molar-refractivity contribution in [3.8, 4) is 0 Å². The van der Waals surface area contributed by atoms with Crippen molar-refractivity contribution in [2.75, 3.05) is 0 Å². The van der Waals surface area contributed by atoms with E-state index in [1.54, 1.807) is 17.1 Å². The summed E-state index contributed by atoms with van der Waals surface area (Å²) in [4.78, 5) is 1.76. The second-order valence-corrected chi connectivity index (χ2v) is 3.14. The van der Waals surface area contributed by atoms with Crippen LogP contribution < -0.4 is 0 Å². The van der Waals surface area contributed by atoms with Gasteiger partial charge in [0.1, 0.15) is 0 Å². The fourth-order valence-electron chi connectivity index (χ4n) is 0.980. The molecule has 0 N–H and O–H groups in total. The fraction of sp³-hybridized carbons (Fsp3) is 0.200. The molecule has 0 bridgehead atoms. The van der Waals surface area contributed by atoms with E-state index in [0.717, 1.165) is 12.0 Å². The van der Waals surface area contributed by atoms with Crippen molar-refractivity contribution in [3.05, 3.63) is 46.5 Å². The quantitative estimate of drug-likeness (QED) is 0.755. The molecule has 0 amide bonds. The number of hydrogen-bond acceptors (Lipinski definition) is 0. The van der Waals surface area contributed by atoms with Crippen molar-refractivity contribution < 1.29 is 8.78 Å². The number of hydrogen-bond donors (Lipinski definition) is 0. The van der Waals surface area contributed by atoms with E-state index in [9.17, 15) is 8.78 Å². The lowest BCUT2D eigenvalue weighted by molar-refractivity contribution is 0.151. The van der Waals surface area contributed by atoms with Gasteiger partial charge in [0.15, 0.2) is 0 Å². The van der Waals surface area contributed by atoms with E-state index in [1.807, 2.05) is 6.08 Å². The third-order valence-electron chi connectivity index (χ3n) is 1.67. The van der Waals surface area contributed by atoms with Gasteiger partial charge >= 0.3 is 0 Å². The smallest absolute Gasteiger partial charge is 0.205 e. The lowest BCUT2D eigenvalue weighted by Crippen LogP contribution is -1.85. The van der Waals surface area contributed by atoms with Crippen molar-refractivity contribution >= 4 is 15.9 Å². The number of benzene rings is 1. The average molecular weight is 247 g/mol. The zero-order valence-electron chi connectivity index (χ0n) is 6.88. The molecular weight excluding hydrogens is 238 g/mol. The highest BCUT2D eigenvalue weighted by atomic mass is 79.9. The molecule has 13 heavy (non-hydrogen) atoms. The number of alkyl halides is 2. The lowest BCUT2D eigenvalue weighted by atomic mass is 10.1. The molecule has 0 aliphatic carbocycles. The molecule has 0 aromatic heterocycles. The zero-order valence-corrected chi connectivity index (χ0v) is 8.47. The van der Waals surface area contributed by atoms with Gasteiger partial charge in [0.2, 0.25) is 0 Å². The molecule has 0 radical (unpaired) electrons. The van der Waals surface area contributed by atoms with Crippen LogP contribution in [0.4, 0.5) is 8.78 Å². The molecular formula is C10H9BrF2. The molecule has 0 heterocycles. The predicted molar refractivity (Wildman–Crippen MR) is 53.2 cm³/mol. The van der Waals surface area contributed by atoms with Crippen LogP contribution in [0.25, 0.3) is 0 Å². The zero-order chi connectivity index (χ0) is 9.68. The number of halogens is 3. The summed E-state index contributed by atoms with van der Waals surface area (Å²) in [5.41, 5.74) is 1.10. The van der Waals surface area contributed by atoms with Crippen molar-refractivity contribution in [3.63, 3.8) is 0 Å². The largest absolute Gasteiger partial charge is 0.263 e. The monoisotopic (exact) mass is 246 g/mol. The van der Waals surface area contributed by atoms with Crippen LogP contribution in [-0.4, -0.2) is 0 Å². The number of allylic oxidation sites excluding steroid dienone is 1. The molecule has 0 nitrogen and oxygen atoms in total. The van der Waals surface area contributed by atoms with E-state index in [1.165, 1.54) is 12.1 Å². The Morgan fingerprint density at radius 3 is 2.31 bits per heavy atom. The van der Waals surface area contributed by atoms with Crippen molar-refractivity contribution in [2.45, 2.75) is 12.8 Å². The first kappa shape index (κ1) is 10.4. The summed E-state index contributed by atoms with van der Waals surface area (Å²) in [6, 6.07) is 6.35. The SMILES string of the molecule is FC(F)c1ccc(CC=CBr)cc1. The highest BCUT2D eigenvalue weighted by molar-refractivity contribution is 9.11. The molecule has 0 fully saturated rings. The molecule has 0 saturated carbocycles. The molecule has 0 aliphatic heterocycles. The maximum atomic E-state index is 12.1. The molecule has 0 atom stereocenters. The van der Waals surface area contributed by atoms with Gasteiger partial charge in [0.25, 0.3) is 6.43 Å². The molecule has 1 rings (SSSR count). The lowest BCUT2D eigenvalue weighted by Gasteiger charge is -2.00. The van der Waals surface area contributed by atoms with Gasteiger partial charge in [-0.05, 0) is 17.0 Å². The standard InChI is InChI=1S/C10H9BrF2/c11-7-1-2-8-3-5-9(6-4-8)10(12)13/h1,3-7,10H,2H2. The minimum atomic E-state index is -2.37. The van der Waals surface area contributed by atoms with Crippen molar-refractivity contribution in [2.24, 2.45) is 0 Å². The van der Waals surface area contributed by atoms with Gasteiger partial charge in [-0.25, -0.2) is 8.78 Å². The number of rotatable bonds is 3. The van der Waals surface area contributed by atoms with E-state index >= 15 is 0 Å². The topological polar surface area (TPSA) is 0 Å². The Morgan fingerprint density at radius 1 is 1.23 bits per heavy atom. The van der Waals surface area contributed by atoms with Crippen LogP contribution in [0, 0.1) is 0 Å². The van der Waals surface area contributed by atoms with Gasteiger partial charge in [-0.1, -0.05) is 46.3 Å². The predicted octanol–water partition coefficient (Wildman–Crippen LogP) is 4.08. The normalized spacial score (nSPS) is 11.4. The Kier molecular flexibility index (Phi) is 4.09. The minimum Gasteiger partial charge on any atom is -0.205 e. The van der Waals surface area contributed by atoms with E-state index in [-0.39, 0.29) is 5.56 Å². The van der Waals surface area contributed by atoms with Gasteiger partial charge < -0.3 is 0 Å². The second kappa shape index (κ2) is 5.12. The third-order valence-corrected chi connectivity index (χ3v) is 2.05. The maximum Gasteiger partial charge on any atom is 0.263 e. The van der Waals surface area contributed by atoms with Gasteiger partial charge in [0, 0.05) is 5.56 Å². The summed E-state index contributed by atoms with van der Waals surface area (Å²) in [6.45, 7) is 0. The molecule has 0 aliphatic rings. The summed E-state index contributed by atoms with van der Waals surface area (Å²) in [5.74, 6) is 0. The van der Waals surface area contributed by atoms with Crippen molar-refractivity contribution in [1.82, 2.24) is 0 Å². The molecule has 0 spiro atoms. The van der Waals surface area contributed by atoms with Gasteiger partial charge in [-0.3, -0.25) is 0 Å². The van der Waals surface area contributed by atoms with Gasteiger partial charge in [-0.15, -0.1) is 0 Å². The molecule has 70 valence electrons. The first-order valence-corrected chi connectivity index (χ1v) is 4.78. The van der Waals surface area contributed by atoms with Crippen molar-refractivity contribution in [1.29, 1.82) is 0 Å². The molecule has 1 aromatic rings. The maximum absolute atomic E-state index is 12.1. The van der Waals surface area contributed by atoms with Gasteiger partial charge in [0.05, 0.1) is 0 Å². The highest BCUT2D eigenvalue weighted by Gasteiger charge is 2.04. The summed E-state index contributed by atoms with van der Waals surface area (Å²) in [5, 5.41) is 0. The summed E-state index contributed by atoms with van der Waals surface area (Å²) in [7, 11) is 0. The van der Waals surface area contributed by atoms with E-state index in [2.05, 4.69) is 15.9 Å². The first-order chi connectivity index (χ1) is 6.24. The van der Waals surface area contributed by atoms with Crippen LogP contribution >= 0.6 is 15.9 Å². The Labute approximate surface area is 84.4 Å². The van der Waals surface area contributed by atoms with Crippen LogP contribution in [0.15, 0.2) is 35.3 Å². The van der Waals surface area contributed by atoms with Crippen LogP contribution in [0.2, 0.25) is 0 Å². The van der Waals surface area contributed by atoms with E-state index in [4.69, 9.17) is 0 Å². The van der Waals surface area contributed by atoms with E-state index in [0.29, 0.717) is 0 Å². The summed E-state index contributed by atoms with van der Waals surface area (Å²) < 4.78 is 24.3. The summed E-state index contributed by atoms with van der Waals surface area (Å²) in [6.07, 6.45) is 0.298. The van der Waals surface area contributed by atoms with Gasteiger partial charge in [-0.2, -0.15) is 0 Å². The van der Waals surface area contributed by atoms with Crippen LogP contribution in [-0.2, 0) is 6.42 Å². The molecule has 1 aromatic carbocycles. The highest BCUT2D eigenvalue weighted by Crippen LogP contribution is 2.18. The Hall–Kier alpha value is -0.700. The fourth-order valence-corrected chi connectivity index (χ4v) is 1.17. The Balaban J connectivity index is 2.69. The molecule has 0 unspecified atom stereocenters. The minimum absolute atomic E-state index is 0.0755. The van der Waals surface area contributed by atoms with Crippen LogP contribution in [0.1, 0.15) is 17.6 Å². The van der Waals surface area contributed by atoms with E-state index < -0.39 is 6.43 Å². The summed E-state index contributed by atoms with van der Waals surface area (Å²) >= 11 is 3.14. The Morgan fingerprint density at radius 2 is 1.85 bits per heavy atom. The first-order valence-electron chi connectivity index (χ1n) is 3.86.